The SMILES string of the molecule is C=C(C)COc1cc(C(=O)OC)cc(ON)c1Br. The van der Waals surface area contributed by atoms with E-state index in [9.17, 15) is 4.79 Å². The van der Waals surface area contributed by atoms with Gasteiger partial charge in [-0.05, 0) is 40.6 Å². The van der Waals surface area contributed by atoms with Crippen molar-refractivity contribution in [2.45, 2.75) is 6.92 Å². The van der Waals surface area contributed by atoms with Crippen LogP contribution in [0.25, 0.3) is 0 Å². The van der Waals surface area contributed by atoms with Crippen LogP contribution in [0.2, 0.25) is 0 Å². The fourth-order valence-corrected chi connectivity index (χ4v) is 1.64. The normalized spacial score (nSPS) is 9.78. The van der Waals surface area contributed by atoms with E-state index in [0.717, 1.165) is 5.57 Å². The van der Waals surface area contributed by atoms with Crippen molar-refractivity contribution in [3.05, 3.63) is 34.3 Å². The third kappa shape index (κ3) is 3.48. The van der Waals surface area contributed by atoms with E-state index in [1.54, 1.807) is 6.07 Å². The van der Waals surface area contributed by atoms with Crippen LogP contribution in [0.3, 0.4) is 0 Å². The quantitative estimate of drug-likeness (QED) is 0.513. The Morgan fingerprint density at radius 1 is 1.44 bits per heavy atom. The van der Waals surface area contributed by atoms with Crippen LogP contribution in [0.5, 0.6) is 11.5 Å². The lowest BCUT2D eigenvalue weighted by Gasteiger charge is -2.12. The minimum atomic E-state index is -0.499. The number of hydrogen-bond donors (Lipinski definition) is 1. The molecular formula is C12H14BrNO4. The number of ether oxygens (including phenoxy) is 2. The third-order valence-corrected chi connectivity index (χ3v) is 2.81. The van der Waals surface area contributed by atoms with Gasteiger partial charge in [-0.25, -0.2) is 4.79 Å². The Balaban J connectivity index is 3.14. The van der Waals surface area contributed by atoms with Gasteiger partial charge in [0.2, 0.25) is 0 Å². The Kier molecular flexibility index (Phi) is 5.18. The molecule has 0 radical (unpaired) electrons. The number of esters is 1. The Morgan fingerprint density at radius 3 is 2.56 bits per heavy atom. The van der Waals surface area contributed by atoms with E-state index in [-0.39, 0.29) is 11.3 Å². The summed E-state index contributed by atoms with van der Waals surface area (Å²) in [6.07, 6.45) is 0. The molecule has 0 aliphatic carbocycles. The monoisotopic (exact) mass is 315 g/mol. The second kappa shape index (κ2) is 6.42. The Hall–Kier alpha value is -1.53. The Morgan fingerprint density at radius 2 is 2.06 bits per heavy atom. The van der Waals surface area contributed by atoms with Crippen LogP contribution in [0, 0.1) is 0 Å². The fraction of sp³-hybridized carbons (Fsp3) is 0.250. The van der Waals surface area contributed by atoms with Crippen LogP contribution in [0.15, 0.2) is 28.8 Å². The van der Waals surface area contributed by atoms with Crippen LogP contribution in [-0.4, -0.2) is 19.7 Å². The minimum Gasteiger partial charge on any atom is -0.488 e. The summed E-state index contributed by atoms with van der Waals surface area (Å²) < 4.78 is 10.6. The van der Waals surface area contributed by atoms with Crippen LogP contribution in [0.1, 0.15) is 17.3 Å². The molecule has 0 aliphatic rings. The zero-order chi connectivity index (χ0) is 13.7. The lowest BCUT2D eigenvalue weighted by Crippen LogP contribution is -2.08. The van der Waals surface area contributed by atoms with Crippen molar-refractivity contribution in [3.63, 3.8) is 0 Å². The average Bonchev–Trinajstić information content (AvgIpc) is 2.36. The van der Waals surface area contributed by atoms with Crippen molar-refractivity contribution in [2.75, 3.05) is 13.7 Å². The van der Waals surface area contributed by atoms with Gasteiger partial charge in [0.15, 0.2) is 5.75 Å². The number of carbonyl (C=O) groups is 1. The smallest absolute Gasteiger partial charge is 0.338 e. The molecule has 0 bridgehead atoms. The topological polar surface area (TPSA) is 70.8 Å². The van der Waals surface area contributed by atoms with Gasteiger partial charge in [-0.2, -0.15) is 5.90 Å². The van der Waals surface area contributed by atoms with Crippen molar-refractivity contribution in [1.82, 2.24) is 0 Å². The summed E-state index contributed by atoms with van der Waals surface area (Å²) in [7, 11) is 1.29. The van der Waals surface area contributed by atoms with Gasteiger partial charge >= 0.3 is 5.97 Å². The first-order valence-corrected chi connectivity index (χ1v) is 5.84. The molecule has 0 saturated heterocycles. The Bertz CT molecular complexity index is 473. The molecule has 0 amide bonds. The molecule has 0 heterocycles. The lowest BCUT2D eigenvalue weighted by atomic mass is 10.2. The van der Waals surface area contributed by atoms with E-state index < -0.39 is 5.97 Å². The molecule has 5 nitrogen and oxygen atoms in total. The molecule has 0 aromatic heterocycles. The fourth-order valence-electron chi connectivity index (χ4n) is 1.20. The van der Waals surface area contributed by atoms with Crippen molar-refractivity contribution in [1.29, 1.82) is 0 Å². The number of nitrogens with two attached hydrogens (primary N) is 1. The molecule has 0 unspecified atom stereocenters. The first-order chi connectivity index (χ1) is 8.49. The van der Waals surface area contributed by atoms with Crippen LogP contribution < -0.4 is 15.5 Å². The maximum absolute atomic E-state index is 11.5. The number of halogens is 1. The molecule has 1 aromatic carbocycles. The molecule has 18 heavy (non-hydrogen) atoms. The van der Waals surface area contributed by atoms with Gasteiger partial charge in [0.1, 0.15) is 16.8 Å². The lowest BCUT2D eigenvalue weighted by molar-refractivity contribution is 0.0599. The highest BCUT2D eigenvalue weighted by atomic mass is 79.9. The molecule has 0 fully saturated rings. The number of carbonyl (C=O) groups excluding carboxylic acids is 1. The van der Waals surface area contributed by atoms with Gasteiger partial charge in [0.05, 0.1) is 12.7 Å². The predicted octanol–water partition coefficient (Wildman–Crippen LogP) is 2.44. The number of benzene rings is 1. The molecule has 2 N–H and O–H groups in total. The van der Waals surface area contributed by atoms with Gasteiger partial charge in [0, 0.05) is 0 Å². The zero-order valence-electron chi connectivity index (χ0n) is 10.2. The van der Waals surface area contributed by atoms with Crippen LogP contribution in [-0.2, 0) is 4.74 Å². The molecule has 0 atom stereocenters. The molecule has 0 aliphatic heterocycles. The highest BCUT2D eigenvalue weighted by Gasteiger charge is 2.15. The summed E-state index contributed by atoms with van der Waals surface area (Å²) >= 11 is 3.28. The summed E-state index contributed by atoms with van der Waals surface area (Å²) in [4.78, 5) is 16.1. The van der Waals surface area contributed by atoms with Crippen LogP contribution >= 0.6 is 15.9 Å². The number of methoxy groups -OCH3 is 1. The summed E-state index contributed by atoms with van der Waals surface area (Å²) in [5.41, 5.74) is 1.14. The zero-order valence-corrected chi connectivity index (χ0v) is 11.7. The first-order valence-electron chi connectivity index (χ1n) is 5.05. The largest absolute Gasteiger partial charge is 0.488 e. The third-order valence-electron chi connectivity index (χ3n) is 2.03. The van der Waals surface area contributed by atoms with Gasteiger partial charge in [-0.15, -0.1) is 0 Å². The molecule has 1 rings (SSSR count). The van der Waals surface area contributed by atoms with E-state index in [1.807, 2.05) is 6.92 Å². The maximum atomic E-state index is 11.5. The van der Waals surface area contributed by atoms with Gasteiger partial charge in [-0.1, -0.05) is 6.58 Å². The molecular weight excluding hydrogens is 302 g/mol. The number of rotatable bonds is 5. The highest BCUT2D eigenvalue weighted by molar-refractivity contribution is 9.10. The molecule has 0 saturated carbocycles. The van der Waals surface area contributed by atoms with E-state index in [2.05, 4.69) is 32.1 Å². The van der Waals surface area contributed by atoms with E-state index in [4.69, 9.17) is 10.6 Å². The van der Waals surface area contributed by atoms with Crippen molar-refractivity contribution < 1.29 is 19.1 Å². The standard InChI is InChI=1S/C12H14BrNO4/c1-7(2)6-17-9-4-8(12(15)16-3)5-10(18-14)11(9)13/h4-5H,1,6,14H2,2-3H3. The molecule has 0 spiro atoms. The van der Waals surface area contributed by atoms with E-state index in [1.165, 1.54) is 13.2 Å². The predicted molar refractivity (Wildman–Crippen MR) is 70.6 cm³/mol. The maximum Gasteiger partial charge on any atom is 0.338 e. The average molecular weight is 316 g/mol. The second-order valence-corrected chi connectivity index (χ2v) is 4.43. The van der Waals surface area contributed by atoms with E-state index >= 15 is 0 Å². The van der Waals surface area contributed by atoms with Crippen LogP contribution in [0.4, 0.5) is 0 Å². The van der Waals surface area contributed by atoms with Crippen molar-refractivity contribution in [3.8, 4) is 11.5 Å². The summed E-state index contributed by atoms with van der Waals surface area (Å²) in [5, 5.41) is 0. The summed E-state index contributed by atoms with van der Waals surface area (Å²) in [6.45, 7) is 5.89. The van der Waals surface area contributed by atoms with Gasteiger partial charge in [-0.3, -0.25) is 0 Å². The first kappa shape index (κ1) is 14.5. The molecule has 6 heteroatoms. The summed E-state index contributed by atoms with van der Waals surface area (Å²) in [6, 6.07) is 3.00. The molecule has 98 valence electrons. The van der Waals surface area contributed by atoms with E-state index in [0.29, 0.717) is 16.8 Å². The van der Waals surface area contributed by atoms with Crippen molar-refractivity contribution in [2.24, 2.45) is 5.90 Å². The van der Waals surface area contributed by atoms with Gasteiger partial charge < -0.3 is 14.3 Å². The highest BCUT2D eigenvalue weighted by Crippen LogP contribution is 2.35. The van der Waals surface area contributed by atoms with Crippen molar-refractivity contribution >= 4 is 21.9 Å². The summed E-state index contributed by atoms with van der Waals surface area (Å²) in [5.74, 6) is 5.35. The van der Waals surface area contributed by atoms with Gasteiger partial charge in [0.25, 0.3) is 0 Å². The number of hydrogen-bond acceptors (Lipinski definition) is 5. The molecule has 1 aromatic rings. The Labute approximate surface area is 114 Å². The minimum absolute atomic E-state index is 0.287. The second-order valence-electron chi connectivity index (χ2n) is 3.64.